The number of nitrogens with two attached hydrogens (primary N) is 1. The van der Waals surface area contributed by atoms with Gasteiger partial charge in [0.15, 0.2) is 6.10 Å². The third-order valence-electron chi connectivity index (χ3n) is 2.88. The first kappa shape index (κ1) is 16.8. The van der Waals surface area contributed by atoms with E-state index in [1.807, 2.05) is 6.92 Å². The molecule has 0 spiro atoms. The summed E-state index contributed by atoms with van der Waals surface area (Å²) in [6.45, 7) is 4.13. The van der Waals surface area contributed by atoms with Crippen molar-refractivity contribution in [3.05, 3.63) is 23.8 Å². The number of hydrogen-bond donors (Lipinski definition) is 2. The van der Waals surface area contributed by atoms with Crippen LogP contribution >= 0.6 is 0 Å². The Balaban J connectivity index is 2.63. The lowest BCUT2D eigenvalue weighted by atomic mass is 10.2. The molecule has 0 heterocycles. The SMILES string of the molecule is CCCCNC(=O)C(C)OC(=O)c1cc(N)cc(OC)c1. The fourth-order valence-electron chi connectivity index (χ4n) is 1.67. The fraction of sp³-hybridized carbons (Fsp3) is 0.467. The first-order valence-electron chi connectivity index (χ1n) is 6.91. The van der Waals surface area contributed by atoms with Crippen LogP contribution < -0.4 is 15.8 Å². The number of nitrogens with one attached hydrogen (secondary N) is 1. The number of nitrogen functional groups attached to an aromatic ring is 1. The van der Waals surface area contributed by atoms with Crippen molar-refractivity contribution in [3.63, 3.8) is 0 Å². The average Bonchev–Trinajstić information content (AvgIpc) is 2.46. The Kier molecular flexibility index (Phi) is 6.52. The summed E-state index contributed by atoms with van der Waals surface area (Å²) >= 11 is 0. The topological polar surface area (TPSA) is 90.7 Å². The van der Waals surface area contributed by atoms with Gasteiger partial charge in [-0.3, -0.25) is 4.79 Å². The van der Waals surface area contributed by atoms with Gasteiger partial charge in [0.25, 0.3) is 5.91 Å². The van der Waals surface area contributed by atoms with Crippen LogP contribution in [0.3, 0.4) is 0 Å². The molecule has 1 amide bonds. The van der Waals surface area contributed by atoms with Crippen molar-refractivity contribution in [1.29, 1.82) is 0 Å². The smallest absolute Gasteiger partial charge is 0.339 e. The average molecular weight is 294 g/mol. The normalized spacial score (nSPS) is 11.6. The molecule has 6 nitrogen and oxygen atoms in total. The molecule has 6 heteroatoms. The molecule has 21 heavy (non-hydrogen) atoms. The number of esters is 1. The van der Waals surface area contributed by atoms with Crippen molar-refractivity contribution in [2.24, 2.45) is 0 Å². The Morgan fingerprint density at radius 3 is 2.67 bits per heavy atom. The lowest BCUT2D eigenvalue weighted by Gasteiger charge is -2.14. The monoisotopic (exact) mass is 294 g/mol. The highest BCUT2D eigenvalue weighted by Gasteiger charge is 2.19. The molecule has 0 saturated heterocycles. The van der Waals surface area contributed by atoms with Gasteiger partial charge in [0.05, 0.1) is 12.7 Å². The zero-order valence-corrected chi connectivity index (χ0v) is 12.6. The van der Waals surface area contributed by atoms with E-state index in [9.17, 15) is 9.59 Å². The molecule has 0 aromatic heterocycles. The van der Waals surface area contributed by atoms with E-state index in [4.69, 9.17) is 15.2 Å². The summed E-state index contributed by atoms with van der Waals surface area (Å²) in [5, 5.41) is 2.71. The van der Waals surface area contributed by atoms with E-state index in [-0.39, 0.29) is 11.5 Å². The van der Waals surface area contributed by atoms with E-state index in [1.165, 1.54) is 26.2 Å². The molecule has 0 aliphatic heterocycles. The fourth-order valence-corrected chi connectivity index (χ4v) is 1.67. The maximum Gasteiger partial charge on any atom is 0.339 e. The molecule has 0 fully saturated rings. The molecule has 1 unspecified atom stereocenters. The van der Waals surface area contributed by atoms with Gasteiger partial charge in [0.1, 0.15) is 5.75 Å². The van der Waals surface area contributed by atoms with E-state index in [2.05, 4.69) is 5.32 Å². The van der Waals surface area contributed by atoms with Crippen LogP contribution in [0.1, 0.15) is 37.0 Å². The number of hydrogen-bond acceptors (Lipinski definition) is 5. The van der Waals surface area contributed by atoms with Gasteiger partial charge in [-0.05, 0) is 25.5 Å². The minimum Gasteiger partial charge on any atom is -0.497 e. The van der Waals surface area contributed by atoms with Gasteiger partial charge < -0.3 is 20.5 Å². The Labute approximate surface area is 124 Å². The lowest BCUT2D eigenvalue weighted by molar-refractivity contribution is -0.129. The first-order chi connectivity index (χ1) is 9.97. The van der Waals surface area contributed by atoms with Crippen LogP contribution in [-0.2, 0) is 9.53 Å². The molecule has 1 aromatic rings. The number of benzene rings is 1. The minimum atomic E-state index is -0.859. The van der Waals surface area contributed by atoms with Crippen LogP contribution in [0.15, 0.2) is 18.2 Å². The summed E-state index contributed by atoms with van der Waals surface area (Å²) in [4.78, 5) is 23.7. The molecule has 116 valence electrons. The summed E-state index contributed by atoms with van der Waals surface area (Å²) in [5.74, 6) is -0.464. The quantitative estimate of drug-likeness (QED) is 0.454. The summed E-state index contributed by atoms with van der Waals surface area (Å²) in [6.07, 6.45) is 1.01. The molecular formula is C15H22N2O4. The Morgan fingerprint density at radius 1 is 1.33 bits per heavy atom. The third kappa shape index (κ3) is 5.33. The van der Waals surface area contributed by atoms with Crippen LogP contribution in [0.2, 0.25) is 0 Å². The molecule has 3 N–H and O–H groups in total. The number of rotatable bonds is 7. The van der Waals surface area contributed by atoms with Crippen molar-refractivity contribution in [3.8, 4) is 5.75 Å². The van der Waals surface area contributed by atoms with Crippen LogP contribution in [0.4, 0.5) is 5.69 Å². The van der Waals surface area contributed by atoms with E-state index < -0.39 is 12.1 Å². The van der Waals surface area contributed by atoms with Crippen LogP contribution in [-0.4, -0.2) is 31.6 Å². The van der Waals surface area contributed by atoms with Gasteiger partial charge in [-0.15, -0.1) is 0 Å². The van der Waals surface area contributed by atoms with E-state index in [1.54, 1.807) is 6.07 Å². The Bertz CT molecular complexity index is 502. The highest BCUT2D eigenvalue weighted by molar-refractivity contribution is 5.93. The second kappa shape index (κ2) is 8.14. The van der Waals surface area contributed by atoms with Gasteiger partial charge in [0, 0.05) is 18.3 Å². The molecule has 0 bridgehead atoms. The summed E-state index contributed by atoms with van der Waals surface area (Å²) in [7, 11) is 1.48. The second-order valence-corrected chi connectivity index (χ2v) is 4.69. The molecule has 1 rings (SSSR count). The number of carbonyl (C=O) groups excluding carboxylic acids is 2. The molecule has 1 aromatic carbocycles. The van der Waals surface area contributed by atoms with Crippen molar-refractivity contribution in [1.82, 2.24) is 5.32 Å². The lowest BCUT2D eigenvalue weighted by Crippen LogP contribution is -2.36. The molecule has 0 saturated carbocycles. The number of carbonyl (C=O) groups is 2. The predicted octanol–water partition coefficient (Wildman–Crippen LogP) is 1.74. The largest absolute Gasteiger partial charge is 0.497 e. The van der Waals surface area contributed by atoms with Crippen molar-refractivity contribution in [2.75, 3.05) is 19.4 Å². The first-order valence-corrected chi connectivity index (χ1v) is 6.91. The minimum absolute atomic E-state index is 0.250. The maximum absolute atomic E-state index is 12.0. The number of unbranched alkanes of at least 4 members (excludes halogenated alkanes) is 1. The zero-order chi connectivity index (χ0) is 15.8. The highest BCUT2D eigenvalue weighted by Crippen LogP contribution is 2.19. The van der Waals surface area contributed by atoms with E-state index in [0.29, 0.717) is 18.0 Å². The maximum atomic E-state index is 12.0. The highest BCUT2D eigenvalue weighted by atomic mass is 16.5. The van der Waals surface area contributed by atoms with E-state index in [0.717, 1.165) is 12.8 Å². The van der Waals surface area contributed by atoms with Crippen LogP contribution in [0, 0.1) is 0 Å². The zero-order valence-electron chi connectivity index (χ0n) is 12.6. The van der Waals surface area contributed by atoms with Gasteiger partial charge >= 0.3 is 5.97 Å². The van der Waals surface area contributed by atoms with Crippen molar-refractivity contribution in [2.45, 2.75) is 32.8 Å². The number of ether oxygens (including phenoxy) is 2. The van der Waals surface area contributed by atoms with Crippen molar-refractivity contribution >= 4 is 17.6 Å². The third-order valence-corrected chi connectivity index (χ3v) is 2.88. The molecule has 1 atom stereocenters. The molecule has 0 aliphatic rings. The van der Waals surface area contributed by atoms with Crippen LogP contribution in [0.5, 0.6) is 5.75 Å². The predicted molar refractivity (Wildman–Crippen MR) is 80.2 cm³/mol. The molecular weight excluding hydrogens is 272 g/mol. The van der Waals surface area contributed by atoms with Crippen LogP contribution in [0.25, 0.3) is 0 Å². The van der Waals surface area contributed by atoms with Crippen molar-refractivity contribution < 1.29 is 19.1 Å². The Morgan fingerprint density at radius 2 is 2.05 bits per heavy atom. The second-order valence-electron chi connectivity index (χ2n) is 4.69. The number of amides is 1. The van der Waals surface area contributed by atoms with Gasteiger partial charge in [0.2, 0.25) is 0 Å². The van der Waals surface area contributed by atoms with E-state index >= 15 is 0 Å². The standard InChI is InChI=1S/C15H22N2O4/c1-4-5-6-17-14(18)10(2)21-15(19)11-7-12(16)9-13(8-11)20-3/h7-10H,4-6,16H2,1-3H3,(H,17,18). The van der Waals surface area contributed by atoms with Gasteiger partial charge in [-0.2, -0.15) is 0 Å². The molecule has 0 radical (unpaired) electrons. The summed E-state index contributed by atoms with van der Waals surface area (Å²) < 4.78 is 10.2. The summed E-state index contributed by atoms with van der Waals surface area (Å²) in [5.41, 5.74) is 6.32. The number of methoxy groups -OCH3 is 1. The summed E-state index contributed by atoms with van der Waals surface area (Å²) in [6, 6.07) is 4.59. The van der Waals surface area contributed by atoms with Gasteiger partial charge in [-0.1, -0.05) is 13.3 Å². The van der Waals surface area contributed by atoms with Gasteiger partial charge in [-0.25, -0.2) is 4.79 Å². The number of anilines is 1. The Hall–Kier alpha value is -2.24. The molecule has 0 aliphatic carbocycles.